The number of nitrogens with zero attached hydrogens (tertiary/aromatic N) is 2. The average Bonchev–Trinajstić information content (AvgIpc) is 2.59. The fraction of sp³-hybridized carbons (Fsp3) is 0.235. The van der Waals surface area contributed by atoms with Crippen LogP contribution in [0.15, 0.2) is 30.5 Å². The number of halogens is 1. The van der Waals surface area contributed by atoms with Crippen molar-refractivity contribution in [1.29, 1.82) is 5.26 Å². The second-order valence-electron chi connectivity index (χ2n) is 5.07. The molecule has 122 valence electrons. The fourth-order valence-electron chi connectivity index (χ4n) is 2.61. The molecule has 2 aromatic rings. The minimum Gasteiger partial charge on any atom is -0.465 e. The lowest BCUT2D eigenvalue weighted by molar-refractivity contribution is -0.139. The van der Waals surface area contributed by atoms with Crippen molar-refractivity contribution in [1.82, 2.24) is 4.98 Å². The van der Waals surface area contributed by atoms with Crippen molar-refractivity contribution in [2.24, 2.45) is 0 Å². The predicted octanol–water partition coefficient (Wildman–Crippen LogP) is 4.05. The summed E-state index contributed by atoms with van der Waals surface area (Å²) in [7, 11) is 0. The molecule has 24 heavy (non-hydrogen) atoms. The third kappa shape index (κ3) is 3.05. The molecule has 0 bridgehead atoms. The number of hydrogen-bond acceptors (Lipinski definition) is 6. The summed E-state index contributed by atoms with van der Waals surface area (Å²) in [5.74, 6) is -0.0425. The summed E-state index contributed by atoms with van der Waals surface area (Å²) in [5.41, 5.74) is 3.73. The maximum Gasteiger partial charge on any atom is 0.315 e. The number of ether oxygens (including phenoxy) is 1. The standard InChI is InChI=1S/C17H14ClN3O2S/c1-2-23-14(22)9-24-16-10-5-3-4-6-13(10)21-15-11(7-19)17(18)20-8-12(15)16/h3-6,8,16,21H,2,9H2,1H3/t16-/m1/s1. The van der Waals surface area contributed by atoms with E-state index < -0.39 is 0 Å². The van der Waals surface area contributed by atoms with Gasteiger partial charge in [0.15, 0.2) is 0 Å². The summed E-state index contributed by atoms with van der Waals surface area (Å²) < 4.78 is 5.01. The predicted molar refractivity (Wildman–Crippen MR) is 94.6 cm³/mol. The van der Waals surface area contributed by atoms with E-state index in [2.05, 4.69) is 16.4 Å². The van der Waals surface area contributed by atoms with Gasteiger partial charge in [-0.05, 0) is 18.6 Å². The van der Waals surface area contributed by atoms with E-state index in [0.717, 1.165) is 16.8 Å². The molecule has 7 heteroatoms. The molecule has 0 spiro atoms. The monoisotopic (exact) mass is 359 g/mol. The molecule has 0 aliphatic carbocycles. The van der Waals surface area contributed by atoms with E-state index in [1.165, 1.54) is 11.8 Å². The number of para-hydroxylation sites is 1. The van der Waals surface area contributed by atoms with Gasteiger partial charge in [0.2, 0.25) is 0 Å². The number of aromatic nitrogens is 1. The maximum atomic E-state index is 11.7. The Balaban J connectivity index is 2.02. The van der Waals surface area contributed by atoms with Gasteiger partial charge in [-0.3, -0.25) is 4.79 Å². The first-order chi connectivity index (χ1) is 11.7. The normalized spacial score (nSPS) is 14.8. The van der Waals surface area contributed by atoms with Crippen LogP contribution in [0.1, 0.15) is 28.9 Å². The number of anilines is 2. The Morgan fingerprint density at radius 2 is 2.25 bits per heavy atom. The van der Waals surface area contributed by atoms with E-state index in [1.807, 2.05) is 24.3 Å². The lowest BCUT2D eigenvalue weighted by atomic mass is 9.96. The Morgan fingerprint density at radius 3 is 3.00 bits per heavy atom. The number of pyridine rings is 1. The van der Waals surface area contributed by atoms with E-state index in [0.29, 0.717) is 17.9 Å². The number of rotatable bonds is 4. The van der Waals surface area contributed by atoms with Crippen molar-refractivity contribution >= 4 is 40.7 Å². The van der Waals surface area contributed by atoms with Gasteiger partial charge in [0.25, 0.3) is 0 Å². The highest BCUT2D eigenvalue weighted by molar-refractivity contribution is 8.00. The molecule has 0 unspecified atom stereocenters. The lowest BCUT2D eigenvalue weighted by Crippen LogP contribution is -2.15. The molecule has 0 saturated heterocycles. The van der Waals surface area contributed by atoms with Gasteiger partial charge in [-0.2, -0.15) is 5.26 Å². The van der Waals surface area contributed by atoms with Crippen LogP contribution < -0.4 is 5.32 Å². The van der Waals surface area contributed by atoms with E-state index in [9.17, 15) is 10.1 Å². The highest BCUT2D eigenvalue weighted by atomic mass is 35.5. The molecule has 1 N–H and O–H groups in total. The van der Waals surface area contributed by atoms with Crippen LogP contribution in [0.25, 0.3) is 0 Å². The third-order valence-corrected chi connectivity index (χ3v) is 5.16. The quantitative estimate of drug-likeness (QED) is 0.655. The molecule has 0 radical (unpaired) electrons. The largest absolute Gasteiger partial charge is 0.465 e. The highest BCUT2D eigenvalue weighted by Crippen LogP contribution is 2.48. The zero-order valence-electron chi connectivity index (χ0n) is 12.9. The highest BCUT2D eigenvalue weighted by Gasteiger charge is 2.29. The van der Waals surface area contributed by atoms with Gasteiger partial charge in [0.05, 0.1) is 23.3 Å². The Labute approximate surface area is 149 Å². The number of carbonyl (C=O) groups is 1. The average molecular weight is 360 g/mol. The number of esters is 1. The summed E-state index contributed by atoms with van der Waals surface area (Å²) in [6.07, 6.45) is 1.66. The molecule has 0 fully saturated rings. The molecule has 1 aromatic heterocycles. The van der Waals surface area contributed by atoms with Crippen molar-refractivity contribution in [3.8, 4) is 6.07 Å². The summed E-state index contributed by atoms with van der Waals surface area (Å²) in [6.45, 7) is 2.14. The number of nitriles is 1. The Hall–Kier alpha value is -2.23. The summed E-state index contributed by atoms with van der Waals surface area (Å²) in [4.78, 5) is 15.9. The van der Waals surface area contributed by atoms with Crippen molar-refractivity contribution in [3.63, 3.8) is 0 Å². The van der Waals surface area contributed by atoms with Gasteiger partial charge in [0.1, 0.15) is 16.8 Å². The van der Waals surface area contributed by atoms with Crippen molar-refractivity contribution in [3.05, 3.63) is 52.3 Å². The number of fused-ring (bicyclic) bond motifs is 2. The Morgan fingerprint density at radius 1 is 1.46 bits per heavy atom. The molecule has 0 saturated carbocycles. The Kier molecular flexibility index (Phi) is 4.93. The van der Waals surface area contributed by atoms with Gasteiger partial charge in [-0.1, -0.05) is 29.8 Å². The van der Waals surface area contributed by atoms with Gasteiger partial charge < -0.3 is 10.1 Å². The van der Waals surface area contributed by atoms with Crippen molar-refractivity contribution in [2.75, 3.05) is 17.7 Å². The number of carbonyl (C=O) groups excluding carboxylic acids is 1. The number of benzene rings is 1. The van der Waals surface area contributed by atoms with Crippen LogP contribution in [0.4, 0.5) is 11.4 Å². The first-order valence-corrected chi connectivity index (χ1v) is 8.80. The number of nitrogens with one attached hydrogen (secondary N) is 1. The van der Waals surface area contributed by atoms with Crippen LogP contribution >= 0.6 is 23.4 Å². The third-order valence-electron chi connectivity index (χ3n) is 3.63. The van der Waals surface area contributed by atoms with Crippen LogP contribution in [0.5, 0.6) is 0 Å². The summed E-state index contributed by atoms with van der Waals surface area (Å²) in [5, 5.41) is 12.7. The second-order valence-corrected chi connectivity index (χ2v) is 6.53. The molecule has 1 aromatic carbocycles. The lowest BCUT2D eigenvalue weighted by Gasteiger charge is -2.29. The molecule has 3 rings (SSSR count). The molecule has 2 heterocycles. The van der Waals surface area contributed by atoms with Crippen LogP contribution in [0.3, 0.4) is 0 Å². The summed E-state index contributed by atoms with van der Waals surface area (Å²) in [6, 6.07) is 9.89. The smallest absolute Gasteiger partial charge is 0.315 e. The van der Waals surface area contributed by atoms with Crippen LogP contribution in [-0.4, -0.2) is 23.3 Å². The van der Waals surface area contributed by atoms with E-state index in [4.69, 9.17) is 16.3 Å². The molecular weight excluding hydrogens is 346 g/mol. The minimum absolute atomic E-state index is 0.126. The van der Waals surface area contributed by atoms with Gasteiger partial charge >= 0.3 is 5.97 Å². The molecule has 5 nitrogen and oxygen atoms in total. The Bertz CT molecular complexity index is 835. The SMILES string of the molecule is CCOC(=O)CS[C@@H]1c2ccccc2Nc2c1cnc(Cl)c2C#N. The molecule has 0 amide bonds. The maximum absolute atomic E-state index is 11.7. The van der Waals surface area contributed by atoms with E-state index in [1.54, 1.807) is 13.1 Å². The fourth-order valence-corrected chi connectivity index (χ4v) is 3.93. The van der Waals surface area contributed by atoms with Crippen molar-refractivity contribution in [2.45, 2.75) is 12.2 Å². The minimum atomic E-state index is -0.262. The first-order valence-electron chi connectivity index (χ1n) is 7.37. The second kappa shape index (κ2) is 7.12. The van der Waals surface area contributed by atoms with E-state index in [-0.39, 0.29) is 22.1 Å². The van der Waals surface area contributed by atoms with Crippen LogP contribution in [0, 0.1) is 11.3 Å². The molecular formula is C17H14ClN3O2S. The molecule has 1 aliphatic heterocycles. The van der Waals surface area contributed by atoms with Crippen LogP contribution in [0.2, 0.25) is 5.15 Å². The van der Waals surface area contributed by atoms with Gasteiger partial charge in [-0.15, -0.1) is 11.8 Å². The number of hydrogen-bond donors (Lipinski definition) is 1. The van der Waals surface area contributed by atoms with Crippen LogP contribution in [-0.2, 0) is 9.53 Å². The molecule has 1 aliphatic rings. The van der Waals surface area contributed by atoms with E-state index >= 15 is 0 Å². The van der Waals surface area contributed by atoms with Gasteiger partial charge in [0, 0.05) is 17.4 Å². The number of thioether (sulfide) groups is 1. The molecule has 1 atom stereocenters. The van der Waals surface area contributed by atoms with Gasteiger partial charge in [-0.25, -0.2) is 4.98 Å². The first kappa shape index (κ1) is 16.6. The topological polar surface area (TPSA) is 75.0 Å². The zero-order valence-corrected chi connectivity index (χ0v) is 14.4. The zero-order chi connectivity index (χ0) is 17.1. The summed E-state index contributed by atoms with van der Waals surface area (Å²) >= 11 is 7.50. The van der Waals surface area contributed by atoms with Crippen molar-refractivity contribution < 1.29 is 9.53 Å².